The minimum atomic E-state index is 0.333. The molecule has 0 spiro atoms. The molecule has 3 atom stereocenters. The second-order valence-corrected chi connectivity index (χ2v) is 5.80. The van der Waals surface area contributed by atoms with Gasteiger partial charge in [-0.3, -0.25) is 4.90 Å². The Balaban J connectivity index is 2.00. The van der Waals surface area contributed by atoms with Crippen molar-refractivity contribution in [3.8, 4) is 0 Å². The molecular formula is C13H24N2OS. The van der Waals surface area contributed by atoms with Crippen LogP contribution in [0.4, 0.5) is 0 Å². The molecule has 0 aromatic carbocycles. The molecule has 0 amide bonds. The Hall–Kier alpha value is -0.190. The van der Waals surface area contributed by atoms with Crippen LogP contribution in [0.1, 0.15) is 44.9 Å². The SMILES string of the molecule is COC1CCCC(N2CCCCC2C(N)=S)C1. The van der Waals surface area contributed by atoms with Crippen LogP contribution < -0.4 is 5.73 Å². The summed E-state index contributed by atoms with van der Waals surface area (Å²) in [7, 11) is 1.83. The average Bonchev–Trinajstić information content (AvgIpc) is 2.39. The third kappa shape index (κ3) is 3.18. The molecule has 1 aliphatic carbocycles. The van der Waals surface area contributed by atoms with E-state index in [-0.39, 0.29) is 0 Å². The Morgan fingerprint density at radius 2 is 2.06 bits per heavy atom. The topological polar surface area (TPSA) is 38.5 Å². The second-order valence-electron chi connectivity index (χ2n) is 5.33. The number of nitrogens with two attached hydrogens (primary N) is 1. The molecule has 3 nitrogen and oxygen atoms in total. The molecule has 2 fully saturated rings. The van der Waals surface area contributed by atoms with Gasteiger partial charge in [-0.05, 0) is 45.1 Å². The van der Waals surface area contributed by atoms with E-state index in [0.717, 1.165) is 19.4 Å². The first-order chi connectivity index (χ1) is 8.22. The van der Waals surface area contributed by atoms with Gasteiger partial charge < -0.3 is 10.5 Å². The van der Waals surface area contributed by atoms with Crippen LogP contribution >= 0.6 is 12.2 Å². The third-order valence-corrected chi connectivity index (χ3v) is 4.55. The predicted molar refractivity (Wildman–Crippen MR) is 74.2 cm³/mol. The van der Waals surface area contributed by atoms with Gasteiger partial charge in [0.25, 0.3) is 0 Å². The van der Waals surface area contributed by atoms with E-state index in [1.54, 1.807) is 0 Å². The van der Waals surface area contributed by atoms with Crippen molar-refractivity contribution in [1.82, 2.24) is 4.90 Å². The molecule has 98 valence electrons. The lowest BCUT2D eigenvalue weighted by molar-refractivity contribution is 0.0152. The number of ether oxygens (including phenoxy) is 1. The normalized spacial score (nSPS) is 35.7. The van der Waals surface area contributed by atoms with Crippen molar-refractivity contribution in [3.63, 3.8) is 0 Å². The van der Waals surface area contributed by atoms with Gasteiger partial charge in [0.05, 0.1) is 17.1 Å². The summed E-state index contributed by atoms with van der Waals surface area (Å²) in [4.78, 5) is 3.24. The van der Waals surface area contributed by atoms with Gasteiger partial charge in [0.15, 0.2) is 0 Å². The van der Waals surface area contributed by atoms with E-state index in [0.29, 0.717) is 23.2 Å². The molecular weight excluding hydrogens is 232 g/mol. The smallest absolute Gasteiger partial charge is 0.0902 e. The minimum absolute atomic E-state index is 0.333. The van der Waals surface area contributed by atoms with Gasteiger partial charge >= 0.3 is 0 Å². The molecule has 17 heavy (non-hydrogen) atoms. The fourth-order valence-electron chi connectivity index (χ4n) is 3.33. The number of nitrogens with zero attached hydrogens (tertiary/aromatic N) is 1. The summed E-state index contributed by atoms with van der Waals surface area (Å²) in [6.07, 6.45) is 9.02. The Bertz CT molecular complexity index is 272. The lowest BCUT2D eigenvalue weighted by Gasteiger charge is -2.43. The summed E-state index contributed by atoms with van der Waals surface area (Å²) in [5.41, 5.74) is 5.89. The summed E-state index contributed by atoms with van der Waals surface area (Å²) in [6.45, 7) is 1.16. The van der Waals surface area contributed by atoms with E-state index in [1.165, 1.54) is 32.1 Å². The van der Waals surface area contributed by atoms with Crippen molar-refractivity contribution in [3.05, 3.63) is 0 Å². The van der Waals surface area contributed by atoms with E-state index in [2.05, 4.69) is 4.90 Å². The van der Waals surface area contributed by atoms with Crippen molar-refractivity contribution >= 4 is 17.2 Å². The van der Waals surface area contributed by atoms with E-state index in [1.807, 2.05) is 7.11 Å². The summed E-state index contributed by atoms with van der Waals surface area (Å²) in [5.74, 6) is 0. The van der Waals surface area contributed by atoms with Gasteiger partial charge in [0.1, 0.15) is 0 Å². The third-order valence-electron chi connectivity index (χ3n) is 4.27. The molecule has 1 saturated carbocycles. The largest absolute Gasteiger partial charge is 0.392 e. The zero-order valence-electron chi connectivity index (χ0n) is 10.7. The average molecular weight is 256 g/mol. The lowest BCUT2D eigenvalue weighted by atomic mass is 9.88. The number of hydrogen-bond acceptors (Lipinski definition) is 3. The van der Waals surface area contributed by atoms with Crippen LogP contribution in [0.3, 0.4) is 0 Å². The first-order valence-corrected chi connectivity index (χ1v) is 7.21. The maximum absolute atomic E-state index is 5.89. The van der Waals surface area contributed by atoms with Gasteiger partial charge in [-0.2, -0.15) is 0 Å². The Labute approximate surface area is 110 Å². The number of methoxy groups -OCH3 is 1. The van der Waals surface area contributed by atoms with Gasteiger partial charge in [-0.1, -0.05) is 18.6 Å². The molecule has 2 aliphatic rings. The van der Waals surface area contributed by atoms with Crippen LogP contribution in [-0.4, -0.2) is 41.7 Å². The number of likely N-dealkylation sites (tertiary alicyclic amines) is 1. The summed E-state index contributed by atoms with van der Waals surface area (Å²) in [5, 5.41) is 0. The highest BCUT2D eigenvalue weighted by atomic mass is 32.1. The number of thiocarbonyl (C=S) groups is 1. The van der Waals surface area contributed by atoms with Crippen LogP contribution in [0.25, 0.3) is 0 Å². The standard InChI is InChI=1S/C13H24N2OS/c1-16-11-6-4-5-10(9-11)15-8-3-2-7-12(15)13(14)17/h10-12H,2-9H2,1H3,(H2,14,17). The summed E-state index contributed by atoms with van der Waals surface area (Å²) >= 11 is 5.22. The van der Waals surface area contributed by atoms with Crippen LogP contribution in [0.2, 0.25) is 0 Å². The Kier molecular flexibility index (Phi) is 4.77. The second kappa shape index (κ2) is 6.12. The highest BCUT2D eigenvalue weighted by molar-refractivity contribution is 7.80. The van der Waals surface area contributed by atoms with Gasteiger partial charge in [-0.15, -0.1) is 0 Å². The highest BCUT2D eigenvalue weighted by Crippen LogP contribution is 2.29. The van der Waals surface area contributed by atoms with Crippen LogP contribution in [0.5, 0.6) is 0 Å². The molecule has 1 heterocycles. The van der Waals surface area contributed by atoms with Crippen LogP contribution in [-0.2, 0) is 4.74 Å². The maximum Gasteiger partial charge on any atom is 0.0902 e. The van der Waals surface area contributed by atoms with Crippen LogP contribution in [0.15, 0.2) is 0 Å². The lowest BCUT2D eigenvalue weighted by Crippen LogP contribution is -2.53. The van der Waals surface area contributed by atoms with E-state index in [4.69, 9.17) is 22.7 Å². The highest BCUT2D eigenvalue weighted by Gasteiger charge is 2.33. The van der Waals surface area contributed by atoms with E-state index in [9.17, 15) is 0 Å². The molecule has 0 bridgehead atoms. The van der Waals surface area contributed by atoms with Crippen molar-refractivity contribution in [2.75, 3.05) is 13.7 Å². The number of hydrogen-bond donors (Lipinski definition) is 1. The zero-order valence-corrected chi connectivity index (χ0v) is 11.5. The van der Waals surface area contributed by atoms with E-state index < -0.39 is 0 Å². The van der Waals surface area contributed by atoms with E-state index >= 15 is 0 Å². The minimum Gasteiger partial charge on any atom is -0.392 e. The van der Waals surface area contributed by atoms with Crippen molar-refractivity contribution in [1.29, 1.82) is 0 Å². The molecule has 2 N–H and O–H groups in total. The molecule has 1 aliphatic heterocycles. The summed E-state index contributed by atoms with van der Waals surface area (Å²) < 4.78 is 5.52. The monoisotopic (exact) mass is 256 g/mol. The molecule has 0 aromatic rings. The summed E-state index contributed by atoms with van der Waals surface area (Å²) in [6, 6.07) is 0.958. The van der Waals surface area contributed by atoms with Gasteiger partial charge in [0, 0.05) is 13.2 Å². The van der Waals surface area contributed by atoms with Crippen LogP contribution in [0, 0.1) is 0 Å². The fraction of sp³-hybridized carbons (Fsp3) is 0.923. The first kappa shape index (κ1) is 13.2. The quantitative estimate of drug-likeness (QED) is 0.785. The molecule has 4 heteroatoms. The number of piperidine rings is 1. The molecule has 0 aromatic heterocycles. The fourth-order valence-corrected chi connectivity index (χ4v) is 3.59. The maximum atomic E-state index is 5.89. The first-order valence-electron chi connectivity index (χ1n) is 6.80. The van der Waals surface area contributed by atoms with Gasteiger partial charge in [0.2, 0.25) is 0 Å². The predicted octanol–water partition coefficient (Wildman–Crippen LogP) is 2.08. The Morgan fingerprint density at radius 1 is 1.24 bits per heavy atom. The van der Waals surface area contributed by atoms with Crippen molar-refractivity contribution in [2.24, 2.45) is 5.73 Å². The van der Waals surface area contributed by atoms with Gasteiger partial charge in [-0.25, -0.2) is 0 Å². The molecule has 1 saturated heterocycles. The van der Waals surface area contributed by atoms with Crippen molar-refractivity contribution in [2.45, 2.75) is 63.1 Å². The Morgan fingerprint density at radius 3 is 2.76 bits per heavy atom. The molecule has 0 radical (unpaired) electrons. The molecule has 2 rings (SSSR count). The van der Waals surface area contributed by atoms with Crippen molar-refractivity contribution < 1.29 is 4.74 Å². The number of rotatable bonds is 3. The molecule has 3 unspecified atom stereocenters. The zero-order chi connectivity index (χ0) is 12.3.